The molecule has 0 fully saturated rings. The van der Waals surface area contributed by atoms with E-state index in [2.05, 4.69) is 0 Å². The van der Waals surface area contributed by atoms with Gasteiger partial charge in [-0.05, 0) is 24.3 Å². The maximum atomic E-state index is 10.1. The van der Waals surface area contributed by atoms with Gasteiger partial charge in [-0.25, -0.2) is 4.79 Å². The van der Waals surface area contributed by atoms with E-state index in [0.717, 1.165) is 0 Å². The fraction of sp³-hybridized carbons (Fsp3) is 0.273. The van der Waals surface area contributed by atoms with Gasteiger partial charge in [-0.15, -0.1) is 0 Å². The standard InChI is InChI=1S/C11H11NO4/c12-7-9-1-3-10(4-2-9)16-6-5-15-8-11(13)14/h1-4H,5-6,8H2,(H,13,14). The van der Waals surface area contributed by atoms with E-state index in [1.807, 2.05) is 6.07 Å². The maximum absolute atomic E-state index is 10.1. The van der Waals surface area contributed by atoms with Crippen LogP contribution in [0.15, 0.2) is 24.3 Å². The molecule has 0 amide bonds. The Morgan fingerprint density at radius 3 is 2.56 bits per heavy atom. The van der Waals surface area contributed by atoms with Crippen LogP contribution in [0.1, 0.15) is 5.56 Å². The average Bonchev–Trinajstić information content (AvgIpc) is 2.29. The van der Waals surface area contributed by atoms with Gasteiger partial charge < -0.3 is 14.6 Å². The molecule has 0 spiro atoms. The number of benzene rings is 1. The third-order valence-electron chi connectivity index (χ3n) is 1.71. The Bertz CT molecular complexity index is 380. The van der Waals surface area contributed by atoms with Gasteiger partial charge in [0.15, 0.2) is 0 Å². The van der Waals surface area contributed by atoms with Gasteiger partial charge in [0.2, 0.25) is 0 Å². The number of nitrogens with zero attached hydrogens (tertiary/aromatic N) is 1. The Morgan fingerprint density at radius 2 is 2.00 bits per heavy atom. The van der Waals surface area contributed by atoms with Gasteiger partial charge in [0, 0.05) is 0 Å². The van der Waals surface area contributed by atoms with Crippen molar-refractivity contribution in [1.82, 2.24) is 0 Å². The second-order valence-electron chi connectivity index (χ2n) is 2.93. The Balaban J connectivity index is 2.22. The molecule has 1 aromatic rings. The molecular formula is C11H11NO4. The van der Waals surface area contributed by atoms with Crippen molar-refractivity contribution in [2.24, 2.45) is 0 Å². The van der Waals surface area contributed by atoms with Gasteiger partial charge >= 0.3 is 5.97 Å². The van der Waals surface area contributed by atoms with Crippen molar-refractivity contribution in [2.45, 2.75) is 0 Å². The molecule has 0 aliphatic carbocycles. The molecule has 0 radical (unpaired) electrons. The number of aliphatic carboxylic acids is 1. The Kier molecular flexibility index (Phi) is 4.83. The summed E-state index contributed by atoms with van der Waals surface area (Å²) in [6, 6.07) is 8.64. The minimum absolute atomic E-state index is 0.215. The number of carboxylic acids is 1. The van der Waals surface area contributed by atoms with E-state index in [-0.39, 0.29) is 19.8 Å². The van der Waals surface area contributed by atoms with Crippen LogP contribution in [0, 0.1) is 11.3 Å². The molecule has 1 N–H and O–H groups in total. The lowest BCUT2D eigenvalue weighted by molar-refractivity contribution is -0.142. The van der Waals surface area contributed by atoms with E-state index in [0.29, 0.717) is 11.3 Å². The second kappa shape index (κ2) is 6.43. The molecule has 1 aromatic carbocycles. The first-order valence-electron chi connectivity index (χ1n) is 4.65. The van der Waals surface area contributed by atoms with Crippen LogP contribution >= 0.6 is 0 Å². The van der Waals surface area contributed by atoms with Crippen molar-refractivity contribution in [3.05, 3.63) is 29.8 Å². The quantitative estimate of drug-likeness (QED) is 0.726. The van der Waals surface area contributed by atoms with Gasteiger partial charge in [-0.1, -0.05) is 0 Å². The van der Waals surface area contributed by atoms with Gasteiger partial charge in [0.25, 0.3) is 0 Å². The van der Waals surface area contributed by atoms with E-state index in [9.17, 15) is 4.79 Å². The molecule has 0 bridgehead atoms. The predicted octanol–water partition coefficient (Wildman–Crippen LogP) is 1.04. The SMILES string of the molecule is N#Cc1ccc(OCCOCC(=O)O)cc1. The largest absolute Gasteiger partial charge is 0.491 e. The number of carbonyl (C=O) groups is 1. The summed E-state index contributed by atoms with van der Waals surface area (Å²) in [7, 11) is 0. The fourth-order valence-electron chi connectivity index (χ4n) is 1.00. The molecule has 0 saturated carbocycles. The van der Waals surface area contributed by atoms with Crippen LogP contribution in [0.3, 0.4) is 0 Å². The van der Waals surface area contributed by atoms with Crippen LogP contribution in [0.4, 0.5) is 0 Å². The molecule has 16 heavy (non-hydrogen) atoms. The van der Waals surface area contributed by atoms with Crippen LogP contribution in [0.2, 0.25) is 0 Å². The molecule has 0 unspecified atom stereocenters. The van der Waals surface area contributed by atoms with Crippen molar-refractivity contribution >= 4 is 5.97 Å². The molecule has 0 atom stereocenters. The molecule has 0 aliphatic heterocycles. The van der Waals surface area contributed by atoms with E-state index >= 15 is 0 Å². The highest BCUT2D eigenvalue weighted by Gasteiger charge is 1.97. The zero-order valence-electron chi connectivity index (χ0n) is 8.55. The normalized spacial score (nSPS) is 9.44. The summed E-state index contributed by atoms with van der Waals surface area (Å²) in [5.41, 5.74) is 0.564. The van der Waals surface area contributed by atoms with Crippen molar-refractivity contribution in [1.29, 1.82) is 5.26 Å². The monoisotopic (exact) mass is 221 g/mol. The van der Waals surface area contributed by atoms with E-state index in [1.54, 1.807) is 24.3 Å². The number of carboxylic acid groups (broad SMARTS) is 1. The van der Waals surface area contributed by atoms with E-state index in [4.69, 9.17) is 19.8 Å². The number of hydrogen-bond donors (Lipinski definition) is 1. The van der Waals surface area contributed by atoms with Crippen LogP contribution < -0.4 is 4.74 Å². The molecule has 0 saturated heterocycles. The lowest BCUT2D eigenvalue weighted by Gasteiger charge is -2.05. The lowest BCUT2D eigenvalue weighted by atomic mass is 10.2. The molecule has 5 heteroatoms. The highest BCUT2D eigenvalue weighted by atomic mass is 16.5. The average molecular weight is 221 g/mol. The molecular weight excluding hydrogens is 210 g/mol. The lowest BCUT2D eigenvalue weighted by Crippen LogP contribution is -2.12. The number of rotatable bonds is 6. The summed E-state index contributed by atoms with van der Waals surface area (Å²) in [6.07, 6.45) is 0. The first-order valence-corrected chi connectivity index (χ1v) is 4.65. The topological polar surface area (TPSA) is 79.5 Å². The third-order valence-corrected chi connectivity index (χ3v) is 1.71. The third kappa shape index (κ3) is 4.44. The van der Waals surface area contributed by atoms with Gasteiger partial charge in [0.1, 0.15) is 19.0 Å². The van der Waals surface area contributed by atoms with Gasteiger partial charge in [0.05, 0.1) is 18.2 Å². The maximum Gasteiger partial charge on any atom is 0.329 e. The summed E-state index contributed by atoms with van der Waals surface area (Å²) in [4.78, 5) is 10.1. The first-order chi connectivity index (χ1) is 7.72. The predicted molar refractivity (Wildman–Crippen MR) is 55.1 cm³/mol. The Hall–Kier alpha value is -2.06. The van der Waals surface area contributed by atoms with Crippen LogP contribution in [-0.4, -0.2) is 30.9 Å². The minimum Gasteiger partial charge on any atom is -0.491 e. The molecule has 84 valence electrons. The summed E-state index contributed by atoms with van der Waals surface area (Å²) < 4.78 is 10.0. The van der Waals surface area contributed by atoms with E-state index < -0.39 is 5.97 Å². The van der Waals surface area contributed by atoms with Crippen LogP contribution in [0.5, 0.6) is 5.75 Å². The highest BCUT2D eigenvalue weighted by molar-refractivity contribution is 5.67. The van der Waals surface area contributed by atoms with Crippen LogP contribution in [-0.2, 0) is 9.53 Å². The van der Waals surface area contributed by atoms with Crippen molar-refractivity contribution in [2.75, 3.05) is 19.8 Å². The van der Waals surface area contributed by atoms with Crippen molar-refractivity contribution in [3.63, 3.8) is 0 Å². The Labute approximate surface area is 92.8 Å². The van der Waals surface area contributed by atoms with Crippen molar-refractivity contribution in [3.8, 4) is 11.8 Å². The van der Waals surface area contributed by atoms with Gasteiger partial charge in [-0.2, -0.15) is 5.26 Å². The molecule has 5 nitrogen and oxygen atoms in total. The molecule has 1 rings (SSSR count). The smallest absolute Gasteiger partial charge is 0.329 e. The fourth-order valence-corrected chi connectivity index (χ4v) is 1.00. The summed E-state index contributed by atoms with van der Waals surface area (Å²) in [5.74, 6) is -0.378. The molecule has 0 aromatic heterocycles. The summed E-state index contributed by atoms with van der Waals surface area (Å²) in [5, 5.41) is 16.9. The van der Waals surface area contributed by atoms with Gasteiger partial charge in [-0.3, -0.25) is 0 Å². The van der Waals surface area contributed by atoms with Crippen molar-refractivity contribution < 1.29 is 19.4 Å². The summed E-state index contributed by atoms with van der Waals surface area (Å²) >= 11 is 0. The zero-order valence-corrected chi connectivity index (χ0v) is 8.55. The summed E-state index contributed by atoms with van der Waals surface area (Å²) in [6.45, 7) is 0.169. The molecule has 0 heterocycles. The first kappa shape index (κ1) is 12.0. The number of hydrogen-bond acceptors (Lipinski definition) is 4. The second-order valence-corrected chi connectivity index (χ2v) is 2.93. The number of nitriles is 1. The Morgan fingerprint density at radius 1 is 1.31 bits per heavy atom. The number of ether oxygens (including phenoxy) is 2. The molecule has 0 aliphatic rings. The van der Waals surface area contributed by atoms with E-state index in [1.165, 1.54) is 0 Å². The van der Waals surface area contributed by atoms with Crippen LogP contribution in [0.25, 0.3) is 0 Å². The minimum atomic E-state index is -1.00. The highest BCUT2D eigenvalue weighted by Crippen LogP contribution is 2.10. The zero-order chi connectivity index (χ0) is 11.8.